The van der Waals surface area contributed by atoms with Crippen LogP contribution in [0, 0.1) is 12.8 Å². The van der Waals surface area contributed by atoms with E-state index < -0.39 is 5.54 Å². The number of nitrogens with zero attached hydrogens (tertiary/aromatic N) is 2. The Hall–Kier alpha value is -2.54. The summed E-state index contributed by atoms with van der Waals surface area (Å²) in [6.07, 6.45) is 4.01. The topological polar surface area (TPSA) is 114 Å². The molecule has 1 unspecified atom stereocenters. The Kier molecular flexibility index (Phi) is 6.26. The number of H-pyrrole nitrogens is 1. The van der Waals surface area contributed by atoms with Gasteiger partial charge in [-0.05, 0) is 38.3 Å². The van der Waals surface area contributed by atoms with E-state index in [-0.39, 0.29) is 17.9 Å². The van der Waals surface area contributed by atoms with Gasteiger partial charge in [-0.2, -0.15) is 0 Å². The third-order valence-electron chi connectivity index (χ3n) is 4.26. The van der Waals surface area contributed by atoms with E-state index in [4.69, 9.17) is 5.73 Å². The zero-order valence-electron chi connectivity index (χ0n) is 15.8. The summed E-state index contributed by atoms with van der Waals surface area (Å²) in [6.45, 7) is 8.16. The van der Waals surface area contributed by atoms with Gasteiger partial charge in [-0.15, -0.1) is 0 Å². The van der Waals surface area contributed by atoms with Crippen molar-refractivity contribution >= 4 is 5.91 Å². The van der Waals surface area contributed by atoms with Gasteiger partial charge in [0, 0.05) is 41.3 Å². The van der Waals surface area contributed by atoms with Gasteiger partial charge in [-0.1, -0.05) is 13.8 Å². The number of nitrogens with two attached hydrogens (primary N) is 1. The Balaban J connectivity index is 2.19. The molecule has 1 atom stereocenters. The van der Waals surface area contributed by atoms with E-state index in [0.29, 0.717) is 29.5 Å². The number of amides is 1. The molecular weight excluding hydrogens is 330 g/mol. The van der Waals surface area contributed by atoms with Crippen molar-refractivity contribution < 1.29 is 4.79 Å². The number of pyridine rings is 1. The Morgan fingerprint density at radius 1 is 1.35 bits per heavy atom. The van der Waals surface area contributed by atoms with E-state index in [1.165, 1.54) is 0 Å². The van der Waals surface area contributed by atoms with Gasteiger partial charge >= 0.3 is 0 Å². The van der Waals surface area contributed by atoms with Crippen LogP contribution in [0.1, 0.15) is 38.4 Å². The molecule has 1 amide bonds. The predicted molar refractivity (Wildman–Crippen MR) is 102 cm³/mol. The van der Waals surface area contributed by atoms with Crippen molar-refractivity contribution in [3.8, 4) is 11.4 Å². The molecular formula is C19H27N5O2. The number of aromatic nitrogens is 3. The van der Waals surface area contributed by atoms with Gasteiger partial charge in [-0.25, -0.2) is 4.98 Å². The Bertz CT molecular complexity index is 816. The first-order valence-corrected chi connectivity index (χ1v) is 8.75. The van der Waals surface area contributed by atoms with Crippen molar-refractivity contribution in [2.45, 2.75) is 46.1 Å². The van der Waals surface area contributed by atoms with Crippen LogP contribution in [-0.2, 0) is 11.2 Å². The van der Waals surface area contributed by atoms with Crippen molar-refractivity contribution in [1.29, 1.82) is 0 Å². The quantitative estimate of drug-likeness (QED) is 0.696. The SMILES string of the molecule is Cc1nc(-c2ccncc2)[nH]c(=O)c1CC(=O)NC(C)(CN)CC(C)C. The minimum Gasteiger partial charge on any atom is -0.349 e. The molecule has 2 aromatic rings. The molecule has 7 nitrogen and oxygen atoms in total. The molecule has 0 spiro atoms. The van der Waals surface area contributed by atoms with E-state index in [0.717, 1.165) is 12.0 Å². The number of rotatable bonds is 7. The van der Waals surface area contributed by atoms with E-state index in [9.17, 15) is 9.59 Å². The summed E-state index contributed by atoms with van der Waals surface area (Å²) in [7, 11) is 0. The molecule has 7 heteroatoms. The zero-order chi connectivity index (χ0) is 19.3. The molecule has 0 aromatic carbocycles. The summed E-state index contributed by atoms with van der Waals surface area (Å²) in [4.78, 5) is 36.1. The highest BCUT2D eigenvalue weighted by molar-refractivity contribution is 5.79. The maximum absolute atomic E-state index is 12.5. The maximum Gasteiger partial charge on any atom is 0.255 e. The van der Waals surface area contributed by atoms with Crippen molar-refractivity contribution in [2.75, 3.05) is 6.54 Å². The van der Waals surface area contributed by atoms with E-state index in [1.54, 1.807) is 31.5 Å². The highest BCUT2D eigenvalue weighted by Gasteiger charge is 2.26. The molecule has 4 N–H and O–H groups in total. The lowest BCUT2D eigenvalue weighted by atomic mass is 9.90. The summed E-state index contributed by atoms with van der Waals surface area (Å²) >= 11 is 0. The van der Waals surface area contributed by atoms with Gasteiger partial charge in [0.05, 0.1) is 6.42 Å². The number of carbonyl (C=O) groups excluding carboxylic acids is 1. The lowest BCUT2D eigenvalue weighted by Gasteiger charge is -2.31. The fraction of sp³-hybridized carbons (Fsp3) is 0.474. The monoisotopic (exact) mass is 357 g/mol. The average Bonchev–Trinajstić information content (AvgIpc) is 2.58. The molecule has 0 radical (unpaired) electrons. The smallest absolute Gasteiger partial charge is 0.255 e. The van der Waals surface area contributed by atoms with Crippen LogP contribution >= 0.6 is 0 Å². The molecule has 2 rings (SSSR count). The van der Waals surface area contributed by atoms with Crippen molar-refractivity contribution in [1.82, 2.24) is 20.3 Å². The molecule has 0 fully saturated rings. The van der Waals surface area contributed by atoms with Crippen molar-refractivity contribution in [3.05, 3.63) is 46.1 Å². The van der Waals surface area contributed by atoms with Gasteiger partial charge in [0.1, 0.15) is 5.82 Å². The highest BCUT2D eigenvalue weighted by atomic mass is 16.2. The van der Waals surface area contributed by atoms with Crippen LogP contribution in [0.4, 0.5) is 0 Å². The number of nitrogens with one attached hydrogen (secondary N) is 2. The normalized spacial score (nSPS) is 13.5. The molecule has 0 bridgehead atoms. The van der Waals surface area contributed by atoms with E-state index in [2.05, 4.69) is 34.1 Å². The first-order valence-electron chi connectivity index (χ1n) is 8.75. The Morgan fingerprint density at radius 2 is 2.00 bits per heavy atom. The molecule has 2 aromatic heterocycles. The van der Waals surface area contributed by atoms with Gasteiger partial charge in [0.15, 0.2) is 0 Å². The molecule has 26 heavy (non-hydrogen) atoms. The summed E-state index contributed by atoms with van der Waals surface area (Å²) in [5, 5.41) is 2.97. The maximum atomic E-state index is 12.5. The molecule has 0 aliphatic rings. The van der Waals surface area contributed by atoms with Gasteiger partial charge in [0.25, 0.3) is 5.56 Å². The fourth-order valence-corrected chi connectivity index (χ4v) is 3.09. The van der Waals surface area contributed by atoms with Crippen LogP contribution in [0.5, 0.6) is 0 Å². The van der Waals surface area contributed by atoms with E-state index >= 15 is 0 Å². The number of hydrogen-bond donors (Lipinski definition) is 3. The third-order valence-corrected chi connectivity index (χ3v) is 4.26. The number of carbonyl (C=O) groups is 1. The first-order chi connectivity index (χ1) is 12.2. The Labute approximate surface area is 153 Å². The second-order valence-electron chi connectivity index (χ2n) is 7.30. The molecule has 2 heterocycles. The number of aryl methyl sites for hydroxylation is 1. The predicted octanol–water partition coefficient (Wildman–Crippen LogP) is 1.56. The van der Waals surface area contributed by atoms with Crippen LogP contribution in [0.3, 0.4) is 0 Å². The zero-order valence-corrected chi connectivity index (χ0v) is 15.8. The molecule has 0 aliphatic carbocycles. The largest absolute Gasteiger partial charge is 0.349 e. The van der Waals surface area contributed by atoms with E-state index in [1.807, 2.05) is 6.92 Å². The van der Waals surface area contributed by atoms with Gasteiger partial charge in [0.2, 0.25) is 5.91 Å². The lowest BCUT2D eigenvalue weighted by Crippen LogP contribution is -2.52. The first kappa shape index (κ1) is 19.8. The summed E-state index contributed by atoms with van der Waals surface area (Å²) in [6, 6.07) is 3.53. The number of hydrogen-bond acceptors (Lipinski definition) is 5. The molecule has 0 aliphatic heterocycles. The van der Waals surface area contributed by atoms with Crippen molar-refractivity contribution in [2.24, 2.45) is 11.7 Å². The minimum atomic E-state index is -0.490. The van der Waals surface area contributed by atoms with Crippen LogP contribution < -0.4 is 16.6 Å². The third kappa shape index (κ3) is 4.98. The second kappa shape index (κ2) is 8.23. The summed E-state index contributed by atoms with van der Waals surface area (Å²) in [5.41, 5.74) is 6.71. The van der Waals surface area contributed by atoms with Gasteiger partial charge < -0.3 is 16.0 Å². The van der Waals surface area contributed by atoms with Crippen LogP contribution in [0.15, 0.2) is 29.3 Å². The Morgan fingerprint density at radius 3 is 2.54 bits per heavy atom. The molecule has 140 valence electrons. The minimum absolute atomic E-state index is 0.0293. The average molecular weight is 357 g/mol. The fourth-order valence-electron chi connectivity index (χ4n) is 3.09. The molecule has 0 saturated heterocycles. The van der Waals surface area contributed by atoms with Crippen LogP contribution in [0.2, 0.25) is 0 Å². The second-order valence-corrected chi connectivity index (χ2v) is 7.30. The summed E-state index contributed by atoms with van der Waals surface area (Å²) < 4.78 is 0. The standard InChI is InChI=1S/C19H27N5O2/c1-12(2)10-19(4,11-20)24-16(25)9-15-13(3)22-17(23-18(15)26)14-5-7-21-8-6-14/h5-8,12H,9-11,20H2,1-4H3,(H,24,25)(H,22,23,26). The molecule has 0 saturated carbocycles. The number of aromatic amines is 1. The summed E-state index contributed by atoms with van der Waals surface area (Å²) in [5.74, 6) is 0.631. The van der Waals surface area contributed by atoms with Crippen LogP contribution in [-0.4, -0.2) is 32.9 Å². The van der Waals surface area contributed by atoms with Crippen LogP contribution in [0.25, 0.3) is 11.4 Å². The highest BCUT2D eigenvalue weighted by Crippen LogP contribution is 2.16. The van der Waals surface area contributed by atoms with Gasteiger partial charge in [-0.3, -0.25) is 14.6 Å². The van der Waals surface area contributed by atoms with Crippen molar-refractivity contribution in [3.63, 3.8) is 0 Å². The lowest BCUT2D eigenvalue weighted by molar-refractivity contribution is -0.122.